The molecule has 2 aromatic heterocycles. The molecule has 0 fully saturated rings. The van der Waals surface area contributed by atoms with Crippen LogP contribution in [-0.4, -0.2) is 14.5 Å². The third-order valence-corrected chi connectivity index (χ3v) is 3.44. The normalized spacial score (nSPS) is 11.4. The van der Waals surface area contributed by atoms with Crippen molar-refractivity contribution in [3.63, 3.8) is 0 Å². The van der Waals surface area contributed by atoms with E-state index in [1.165, 1.54) is 24.4 Å². The number of halogens is 3. The van der Waals surface area contributed by atoms with E-state index in [0.29, 0.717) is 28.1 Å². The maximum Gasteiger partial charge on any atom is 0.320 e. The first-order valence-corrected chi connectivity index (χ1v) is 6.61. The van der Waals surface area contributed by atoms with E-state index in [9.17, 15) is 13.2 Å². The fourth-order valence-corrected chi connectivity index (χ4v) is 2.43. The fraction of sp³-hybridized carbons (Fsp3) is 0.200. The molecule has 3 aromatic rings. The summed E-state index contributed by atoms with van der Waals surface area (Å²) in [7, 11) is 0. The van der Waals surface area contributed by atoms with E-state index in [4.69, 9.17) is 0 Å². The molecule has 0 atom stereocenters. The van der Waals surface area contributed by atoms with E-state index in [1.54, 1.807) is 13.8 Å². The smallest absolute Gasteiger partial charge is 0.320 e. The number of aryl methyl sites for hydroxylation is 2. The van der Waals surface area contributed by atoms with Crippen molar-refractivity contribution in [2.45, 2.75) is 20.4 Å². The van der Waals surface area contributed by atoms with Gasteiger partial charge in [-0.1, -0.05) is 0 Å². The van der Waals surface area contributed by atoms with Gasteiger partial charge in [0.2, 0.25) is 0 Å². The molecule has 1 N–H and O–H groups in total. The summed E-state index contributed by atoms with van der Waals surface area (Å²) in [6.45, 7) is 0.849. The zero-order valence-electron chi connectivity index (χ0n) is 11.9. The molecule has 0 spiro atoms. The van der Waals surface area contributed by atoms with Gasteiger partial charge in [0, 0.05) is 11.9 Å². The standard InChI is InChI=1S/C15H13F3N4/c1-8-5-10(16)6-9(2)12(8)21-14-13-11(3-4-19-14)22(7-20-13)15(17)18/h3-7,15H,1-2H3,(H,19,21). The van der Waals surface area contributed by atoms with Crippen LogP contribution in [0.2, 0.25) is 0 Å². The lowest BCUT2D eigenvalue weighted by molar-refractivity contribution is 0.0746. The Morgan fingerprint density at radius 3 is 2.45 bits per heavy atom. The van der Waals surface area contributed by atoms with Crippen LogP contribution < -0.4 is 5.32 Å². The van der Waals surface area contributed by atoms with Gasteiger partial charge in [0.05, 0.1) is 5.52 Å². The van der Waals surface area contributed by atoms with Gasteiger partial charge in [-0.25, -0.2) is 14.4 Å². The minimum absolute atomic E-state index is 0.282. The number of aromatic nitrogens is 3. The van der Waals surface area contributed by atoms with Crippen molar-refractivity contribution in [1.29, 1.82) is 0 Å². The Kier molecular flexibility index (Phi) is 3.48. The van der Waals surface area contributed by atoms with Gasteiger partial charge in [0.25, 0.3) is 0 Å². The molecule has 1 aromatic carbocycles. The number of hydrogen-bond donors (Lipinski definition) is 1. The second kappa shape index (κ2) is 5.32. The van der Waals surface area contributed by atoms with Crippen molar-refractivity contribution in [3.05, 3.63) is 47.7 Å². The fourth-order valence-electron chi connectivity index (χ4n) is 2.43. The van der Waals surface area contributed by atoms with Gasteiger partial charge in [-0.05, 0) is 43.2 Å². The molecule has 0 bridgehead atoms. The minimum atomic E-state index is -2.67. The van der Waals surface area contributed by atoms with Crippen LogP contribution >= 0.6 is 0 Å². The topological polar surface area (TPSA) is 42.7 Å². The van der Waals surface area contributed by atoms with Gasteiger partial charge >= 0.3 is 6.55 Å². The number of nitrogens with zero attached hydrogens (tertiary/aromatic N) is 3. The monoisotopic (exact) mass is 306 g/mol. The van der Waals surface area contributed by atoms with E-state index in [-0.39, 0.29) is 11.3 Å². The van der Waals surface area contributed by atoms with Crippen molar-refractivity contribution >= 4 is 22.5 Å². The quantitative estimate of drug-likeness (QED) is 0.783. The summed E-state index contributed by atoms with van der Waals surface area (Å²) >= 11 is 0. The second-order valence-corrected chi connectivity index (χ2v) is 5.00. The summed E-state index contributed by atoms with van der Waals surface area (Å²) in [6.07, 6.45) is 2.51. The van der Waals surface area contributed by atoms with Crippen molar-refractivity contribution in [3.8, 4) is 0 Å². The third kappa shape index (κ3) is 2.38. The number of imidazole rings is 1. The Bertz CT molecular complexity index is 819. The molecular formula is C15H13F3N4. The molecule has 0 saturated carbocycles. The third-order valence-electron chi connectivity index (χ3n) is 3.44. The molecule has 0 unspecified atom stereocenters. The number of alkyl halides is 2. The van der Waals surface area contributed by atoms with Gasteiger partial charge in [0.15, 0.2) is 5.82 Å². The average molecular weight is 306 g/mol. The van der Waals surface area contributed by atoms with Crippen LogP contribution in [0.1, 0.15) is 17.7 Å². The van der Waals surface area contributed by atoms with Gasteiger partial charge < -0.3 is 5.32 Å². The Morgan fingerprint density at radius 1 is 1.14 bits per heavy atom. The lowest BCUT2D eigenvalue weighted by Crippen LogP contribution is -2.00. The molecule has 0 aliphatic carbocycles. The van der Waals surface area contributed by atoms with Crippen LogP contribution in [0, 0.1) is 19.7 Å². The van der Waals surface area contributed by atoms with Crippen LogP contribution in [0.5, 0.6) is 0 Å². The summed E-state index contributed by atoms with van der Waals surface area (Å²) in [5, 5.41) is 3.06. The minimum Gasteiger partial charge on any atom is -0.338 e. The van der Waals surface area contributed by atoms with Gasteiger partial charge in [-0.3, -0.25) is 4.57 Å². The highest BCUT2D eigenvalue weighted by Crippen LogP contribution is 2.29. The van der Waals surface area contributed by atoms with E-state index in [1.807, 2.05) is 0 Å². The number of anilines is 2. The average Bonchev–Trinajstić information content (AvgIpc) is 2.87. The van der Waals surface area contributed by atoms with Crippen LogP contribution in [0.3, 0.4) is 0 Å². The molecule has 0 aliphatic rings. The summed E-state index contributed by atoms with van der Waals surface area (Å²) in [4.78, 5) is 8.15. The second-order valence-electron chi connectivity index (χ2n) is 5.00. The van der Waals surface area contributed by atoms with Gasteiger partial charge in [0.1, 0.15) is 17.7 Å². The molecule has 114 valence electrons. The summed E-state index contributed by atoms with van der Waals surface area (Å²) in [6, 6.07) is 4.27. The van der Waals surface area contributed by atoms with Crippen molar-refractivity contribution in [2.75, 3.05) is 5.32 Å². The molecule has 22 heavy (non-hydrogen) atoms. The van der Waals surface area contributed by atoms with Crippen LogP contribution in [0.15, 0.2) is 30.7 Å². The molecule has 3 rings (SSSR count). The van der Waals surface area contributed by atoms with Crippen LogP contribution in [0.25, 0.3) is 11.0 Å². The van der Waals surface area contributed by atoms with Crippen molar-refractivity contribution in [2.24, 2.45) is 0 Å². The Labute approximate surface area is 124 Å². The molecule has 4 nitrogen and oxygen atoms in total. The number of pyridine rings is 1. The molecule has 0 amide bonds. The summed E-state index contributed by atoms with van der Waals surface area (Å²) in [5.74, 6) is 0.0309. The first-order chi connectivity index (χ1) is 10.5. The molecular weight excluding hydrogens is 293 g/mol. The maximum atomic E-state index is 13.3. The van der Waals surface area contributed by atoms with Crippen LogP contribution in [-0.2, 0) is 0 Å². The van der Waals surface area contributed by atoms with Gasteiger partial charge in [-0.15, -0.1) is 0 Å². The lowest BCUT2D eigenvalue weighted by Gasteiger charge is -2.13. The number of benzene rings is 1. The van der Waals surface area contributed by atoms with E-state index >= 15 is 0 Å². The highest BCUT2D eigenvalue weighted by Gasteiger charge is 2.15. The summed E-state index contributed by atoms with van der Waals surface area (Å²) in [5.41, 5.74) is 2.71. The molecule has 0 radical (unpaired) electrons. The highest BCUT2D eigenvalue weighted by atomic mass is 19.3. The predicted molar refractivity (Wildman–Crippen MR) is 77.9 cm³/mol. The SMILES string of the molecule is Cc1cc(F)cc(C)c1Nc1nccc2c1ncn2C(F)F. The first kappa shape index (κ1) is 14.4. The summed E-state index contributed by atoms with van der Waals surface area (Å²) < 4.78 is 39.9. The Balaban J connectivity index is 2.09. The van der Waals surface area contributed by atoms with E-state index in [2.05, 4.69) is 15.3 Å². The van der Waals surface area contributed by atoms with Gasteiger partial charge in [-0.2, -0.15) is 8.78 Å². The number of rotatable bonds is 3. The van der Waals surface area contributed by atoms with Crippen molar-refractivity contribution < 1.29 is 13.2 Å². The molecule has 7 heteroatoms. The Hall–Kier alpha value is -2.57. The molecule has 2 heterocycles. The van der Waals surface area contributed by atoms with Crippen LogP contribution in [0.4, 0.5) is 24.7 Å². The zero-order valence-corrected chi connectivity index (χ0v) is 11.9. The number of nitrogens with one attached hydrogen (secondary N) is 1. The van der Waals surface area contributed by atoms with E-state index in [0.717, 1.165) is 10.9 Å². The number of hydrogen-bond acceptors (Lipinski definition) is 3. The zero-order chi connectivity index (χ0) is 15.9. The first-order valence-electron chi connectivity index (χ1n) is 6.61. The molecule has 0 aliphatic heterocycles. The number of fused-ring (bicyclic) bond motifs is 1. The van der Waals surface area contributed by atoms with Crippen molar-refractivity contribution in [1.82, 2.24) is 14.5 Å². The predicted octanol–water partition coefficient (Wildman–Crippen LogP) is 4.33. The van der Waals surface area contributed by atoms with E-state index < -0.39 is 6.55 Å². The molecule has 0 saturated heterocycles. The highest BCUT2D eigenvalue weighted by molar-refractivity contribution is 5.88. The largest absolute Gasteiger partial charge is 0.338 e. The maximum absolute atomic E-state index is 13.3. The lowest BCUT2D eigenvalue weighted by atomic mass is 10.1. The Morgan fingerprint density at radius 2 is 1.82 bits per heavy atom.